The van der Waals surface area contributed by atoms with E-state index >= 15 is 0 Å². The predicted molar refractivity (Wildman–Crippen MR) is 63.4 cm³/mol. The highest BCUT2D eigenvalue weighted by Crippen LogP contribution is 2.26. The molecule has 1 aromatic heterocycles. The molecule has 2 rings (SSSR count). The van der Waals surface area contributed by atoms with Gasteiger partial charge >= 0.3 is 0 Å². The molecule has 0 fully saturated rings. The zero-order valence-corrected chi connectivity index (χ0v) is 10.4. The van der Waals surface area contributed by atoms with Gasteiger partial charge < -0.3 is 4.42 Å². The molecule has 1 heterocycles. The number of rotatable bonds is 2. The molecule has 2 aromatic rings. The average Bonchev–Trinajstić information content (AvgIpc) is 2.59. The van der Waals surface area contributed by atoms with E-state index in [4.69, 9.17) is 4.42 Å². The van der Waals surface area contributed by atoms with Crippen LogP contribution in [-0.2, 0) is 16.3 Å². The SMILES string of the molecule is CCc1cc2cc(S(C)(=O)=O)cc(C)c2o1. The number of furan rings is 1. The van der Waals surface area contributed by atoms with Gasteiger partial charge in [0.05, 0.1) is 4.90 Å². The van der Waals surface area contributed by atoms with E-state index in [9.17, 15) is 8.42 Å². The summed E-state index contributed by atoms with van der Waals surface area (Å²) in [7, 11) is -3.16. The van der Waals surface area contributed by atoms with Gasteiger partial charge in [-0.1, -0.05) is 6.92 Å². The summed E-state index contributed by atoms with van der Waals surface area (Å²) >= 11 is 0. The second-order valence-corrected chi connectivity index (χ2v) is 6.01. The Morgan fingerprint density at radius 3 is 2.50 bits per heavy atom. The lowest BCUT2D eigenvalue weighted by Crippen LogP contribution is -1.97. The third-order valence-corrected chi connectivity index (χ3v) is 3.70. The lowest BCUT2D eigenvalue weighted by molar-refractivity contribution is 0.555. The number of hydrogen-bond acceptors (Lipinski definition) is 3. The van der Waals surface area contributed by atoms with Crippen molar-refractivity contribution >= 4 is 20.8 Å². The molecular weight excluding hydrogens is 224 g/mol. The third-order valence-electron chi connectivity index (χ3n) is 2.60. The second-order valence-electron chi connectivity index (χ2n) is 4.00. The Labute approximate surface area is 95.0 Å². The molecule has 0 unspecified atom stereocenters. The molecule has 0 aliphatic heterocycles. The maximum absolute atomic E-state index is 11.5. The first-order valence-electron chi connectivity index (χ1n) is 5.15. The molecule has 0 atom stereocenters. The molecular formula is C12H14O3S. The first kappa shape index (κ1) is 11.2. The standard InChI is InChI=1S/C12H14O3S/c1-4-10-6-9-7-11(16(3,13)14)5-8(2)12(9)15-10/h5-7H,4H2,1-3H3. The molecule has 4 heteroatoms. The molecule has 1 aromatic carbocycles. The zero-order valence-electron chi connectivity index (χ0n) is 9.57. The zero-order chi connectivity index (χ0) is 11.9. The molecule has 0 bridgehead atoms. The first-order chi connectivity index (χ1) is 7.41. The van der Waals surface area contributed by atoms with Gasteiger partial charge in [-0.2, -0.15) is 0 Å². The van der Waals surface area contributed by atoms with Gasteiger partial charge in [0.1, 0.15) is 11.3 Å². The van der Waals surface area contributed by atoms with Crippen molar-refractivity contribution in [2.24, 2.45) is 0 Å². The largest absolute Gasteiger partial charge is 0.461 e. The van der Waals surface area contributed by atoms with Crippen molar-refractivity contribution in [3.05, 3.63) is 29.5 Å². The molecule has 0 N–H and O–H groups in total. The van der Waals surface area contributed by atoms with E-state index in [1.54, 1.807) is 12.1 Å². The van der Waals surface area contributed by atoms with Crippen LogP contribution in [0.4, 0.5) is 0 Å². The van der Waals surface area contributed by atoms with E-state index in [1.165, 1.54) is 6.26 Å². The van der Waals surface area contributed by atoms with Gasteiger partial charge in [0.2, 0.25) is 0 Å². The molecule has 0 aliphatic carbocycles. The monoisotopic (exact) mass is 238 g/mol. The highest BCUT2D eigenvalue weighted by molar-refractivity contribution is 7.90. The smallest absolute Gasteiger partial charge is 0.175 e. The van der Waals surface area contributed by atoms with E-state index in [-0.39, 0.29) is 0 Å². The minimum Gasteiger partial charge on any atom is -0.461 e. The number of hydrogen-bond donors (Lipinski definition) is 0. The van der Waals surface area contributed by atoms with Crippen molar-refractivity contribution in [2.75, 3.05) is 6.26 Å². The Morgan fingerprint density at radius 1 is 1.25 bits per heavy atom. The normalized spacial score (nSPS) is 12.2. The summed E-state index contributed by atoms with van der Waals surface area (Å²) in [6.07, 6.45) is 2.02. The summed E-state index contributed by atoms with van der Waals surface area (Å²) in [4.78, 5) is 0.348. The van der Waals surface area contributed by atoms with E-state index in [0.29, 0.717) is 4.90 Å². The highest BCUT2D eigenvalue weighted by Gasteiger charge is 2.12. The summed E-state index contributed by atoms with van der Waals surface area (Å²) in [5.41, 5.74) is 1.64. The Morgan fingerprint density at radius 2 is 1.94 bits per heavy atom. The molecule has 0 spiro atoms. The number of aryl methyl sites for hydroxylation is 2. The Bertz CT molecular complexity index is 636. The van der Waals surface area contributed by atoms with Gasteiger partial charge in [-0.3, -0.25) is 0 Å². The van der Waals surface area contributed by atoms with Crippen LogP contribution >= 0.6 is 0 Å². The lowest BCUT2D eigenvalue weighted by Gasteiger charge is -2.00. The van der Waals surface area contributed by atoms with E-state index in [1.807, 2.05) is 19.9 Å². The van der Waals surface area contributed by atoms with E-state index in [0.717, 1.165) is 28.7 Å². The minimum atomic E-state index is -3.16. The summed E-state index contributed by atoms with van der Waals surface area (Å²) < 4.78 is 28.6. The molecule has 0 aliphatic rings. The highest BCUT2D eigenvalue weighted by atomic mass is 32.2. The summed E-state index contributed by atoms with van der Waals surface area (Å²) in [5, 5.41) is 0.859. The average molecular weight is 238 g/mol. The maximum Gasteiger partial charge on any atom is 0.175 e. The molecule has 0 amide bonds. The van der Waals surface area contributed by atoms with E-state index in [2.05, 4.69) is 0 Å². The topological polar surface area (TPSA) is 47.3 Å². The van der Waals surface area contributed by atoms with Crippen LogP contribution < -0.4 is 0 Å². The molecule has 0 saturated carbocycles. The number of benzene rings is 1. The third kappa shape index (κ3) is 1.85. The van der Waals surface area contributed by atoms with Crippen LogP contribution in [0.3, 0.4) is 0 Å². The Balaban J connectivity index is 2.76. The quantitative estimate of drug-likeness (QED) is 0.808. The predicted octanol–water partition coefficient (Wildman–Crippen LogP) is 2.71. The van der Waals surface area contributed by atoms with Crippen molar-refractivity contribution in [3.63, 3.8) is 0 Å². The summed E-state index contributed by atoms with van der Waals surface area (Å²) in [6.45, 7) is 3.87. The van der Waals surface area contributed by atoms with Crippen molar-refractivity contribution in [1.82, 2.24) is 0 Å². The Kier molecular flexibility index (Phi) is 2.54. The van der Waals surface area contributed by atoms with Crippen molar-refractivity contribution in [3.8, 4) is 0 Å². The van der Waals surface area contributed by atoms with E-state index < -0.39 is 9.84 Å². The van der Waals surface area contributed by atoms with Crippen LogP contribution in [-0.4, -0.2) is 14.7 Å². The first-order valence-corrected chi connectivity index (χ1v) is 7.04. The van der Waals surface area contributed by atoms with Crippen molar-refractivity contribution in [2.45, 2.75) is 25.2 Å². The fourth-order valence-corrected chi connectivity index (χ4v) is 2.47. The van der Waals surface area contributed by atoms with Crippen LogP contribution in [0.15, 0.2) is 27.5 Å². The fraction of sp³-hybridized carbons (Fsp3) is 0.333. The molecule has 0 radical (unpaired) electrons. The van der Waals surface area contributed by atoms with Gasteiger partial charge in [0.15, 0.2) is 9.84 Å². The molecule has 86 valence electrons. The van der Waals surface area contributed by atoms with Crippen LogP contribution in [0.1, 0.15) is 18.2 Å². The number of sulfone groups is 1. The van der Waals surface area contributed by atoms with Crippen LogP contribution in [0.2, 0.25) is 0 Å². The molecule has 3 nitrogen and oxygen atoms in total. The van der Waals surface area contributed by atoms with Gasteiger partial charge in [-0.25, -0.2) is 8.42 Å². The van der Waals surface area contributed by atoms with Crippen molar-refractivity contribution in [1.29, 1.82) is 0 Å². The van der Waals surface area contributed by atoms with Crippen LogP contribution in [0, 0.1) is 6.92 Å². The minimum absolute atomic E-state index is 0.348. The van der Waals surface area contributed by atoms with Gasteiger partial charge in [-0.05, 0) is 30.7 Å². The molecule has 0 saturated heterocycles. The second kappa shape index (κ2) is 3.63. The van der Waals surface area contributed by atoms with Gasteiger partial charge in [-0.15, -0.1) is 0 Å². The van der Waals surface area contributed by atoms with Gasteiger partial charge in [0, 0.05) is 18.1 Å². The summed E-state index contributed by atoms with van der Waals surface area (Å²) in [6, 6.07) is 5.22. The summed E-state index contributed by atoms with van der Waals surface area (Å²) in [5.74, 6) is 0.878. The molecule has 16 heavy (non-hydrogen) atoms. The number of fused-ring (bicyclic) bond motifs is 1. The maximum atomic E-state index is 11.5. The lowest BCUT2D eigenvalue weighted by atomic mass is 10.2. The van der Waals surface area contributed by atoms with Crippen LogP contribution in [0.5, 0.6) is 0 Å². The Hall–Kier alpha value is -1.29. The fourth-order valence-electron chi connectivity index (χ4n) is 1.74. The van der Waals surface area contributed by atoms with Crippen LogP contribution in [0.25, 0.3) is 11.0 Å². The van der Waals surface area contributed by atoms with Gasteiger partial charge in [0.25, 0.3) is 0 Å². The van der Waals surface area contributed by atoms with Crippen molar-refractivity contribution < 1.29 is 12.8 Å².